The number of nitrogens with one attached hydrogen (secondary N) is 1. The van der Waals surface area contributed by atoms with Gasteiger partial charge in [0.2, 0.25) is 0 Å². The van der Waals surface area contributed by atoms with Crippen LogP contribution < -0.4 is 10.1 Å². The van der Waals surface area contributed by atoms with E-state index in [-0.39, 0.29) is 44.5 Å². The smallest absolute Gasteiger partial charge is 0.312 e. The first-order valence-electron chi connectivity index (χ1n) is 21.0. The third kappa shape index (κ3) is 8.47. The van der Waals surface area contributed by atoms with Crippen molar-refractivity contribution >= 4 is 34.4 Å². The molecule has 0 aromatic heterocycles. The molecule has 15 heteroatoms. The van der Waals surface area contributed by atoms with E-state index in [9.17, 15) is 40.2 Å². The largest absolute Gasteiger partial charge is 0.507 e. The number of anilines is 1. The number of aromatic hydroxyl groups is 3. The molecule has 1 saturated carbocycles. The number of methoxy groups -OCH3 is 1. The summed E-state index contributed by atoms with van der Waals surface area (Å²) in [5.74, 6) is -7.52. The van der Waals surface area contributed by atoms with Crippen molar-refractivity contribution in [1.82, 2.24) is 9.91 Å². The lowest BCUT2D eigenvalue weighted by molar-refractivity contribution is -0.112. The number of amides is 1. The van der Waals surface area contributed by atoms with Gasteiger partial charge < -0.3 is 50.2 Å². The fourth-order valence-corrected chi connectivity index (χ4v) is 9.08. The van der Waals surface area contributed by atoms with Crippen LogP contribution in [0.1, 0.15) is 88.7 Å². The third-order valence-corrected chi connectivity index (χ3v) is 13.3. The van der Waals surface area contributed by atoms with Crippen LogP contribution in [-0.2, 0) is 14.3 Å². The molecule has 5 aliphatic rings. The molecule has 1 amide bonds. The molecule has 4 aliphatic heterocycles. The molecule has 1 unspecified atom stereocenters. The Morgan fingerprint density at radius 2 is 1.50 bits per heavy atom. The number of phenolic OH excluding ortho intramolecular Hbond substituents is 3. The second-order valence-electron chi connectivity index (χ2n) is 17.2. The topological polar surface area (TPSA) is 214 Å². The third-order valence-electron chi connectivity index (χ3n) is 13.3. The van der Waals surface area contributed by atoms with Crippen molar-refractivity contribution in [2.45, 2.75) is 110 Å². The Kier molecular flexibility index (Phi) is 13.6. The maximum atomic E-state index is 14.4. The van der Waals surface area contributed by atoms with Crippen LogP contribution in [0.15, 0.2) is 41.2 Å². The highest BCUT2D eigenvalue weighted by atomic mass is 16.7. The van der Waals surface area contributed by atoms with Gasteiger partial charge in [0.25, 0.3) is 11.7 Å². The molecule has 1 aliphatic carbocycles. The Morgan fingerprint density at radius 3 is 2.15 bits per heavy atom. The van der Waals surface area contributed by atoms with Gasteiger partial charge in [0.05, 0.1) is 59.1 Å². The Balaban J connectivity index is 1.46. The lowest BCUT2D eigenvalue weighted by Crippen LogP contribution is -2.47. The van der Waals surface area contributed by atoms with E-state index in [0.717, 1.165) is 13.1 Å². The van der Waals surface area contributed by atoms with E-state index in [1.54, 1.807) is 46.8 Å². The zero-order chi connectivity index (χ0) is 43.8. The zero-order valence-corrected chi connectivity index (χ0v) is 35.9. The van der Waals surface area contributed by atoms with Crippen molar-refractivity contribution in [2.24, 2.45) is 28.8 Å². The molecule has 7 rings (SSSR count). The van der Waals surface area contributed by atoms with Crippen molar-refractivity contribution in [3.63, 3.8) is 0 Å². The van der Waals surface area contributed by atoms with Crippen molar-refractivity contribution in [2.75, 3.05) is 38.6 Å². The molecule has 4 heterocycles. The average molecular weight is 835 g/mol. The predicted molar refractivity (Wildman–Crippen MR) is 227 cm³/mol. The number of nitrogens with zero attached hydrogens (tertiary/aromatic N) is 3. The summed E-state index contributed by atoms with van der Waals surface area (Å²) >= 11 is 0. The van der Waals surface area contributed by atoms with Crippen molar-refractivity contribution in [3.05, 3.63) is 52.8 Å². The van der Waals surface area contributed by atoms with Crippen LogP contribution in [0.4, 0.5) is 5.69 Å². The van der Waals surface area contributed by atoms with E-state index in [0.29, 0.717) is 19.1 Å². The Bertz CT molecular complexity index is 2070. The van der Waals surface area contributed by atoms with E-state index in [1.807, 2.05) is 5.01 Å². The number of fused-ring (bicyclic) bond motifs is 14. The molecule has 2 aromatic rings. The van der Waals surface area contributed by atoms with Crippen LogP contribution in [0.3, 0.4) is 0 Å². The first-order valence-corrected chi connectivity index (χ1v) is 21.0. The predicted octanol–water partition coefficient (Wildman–Crippen LogP) is 5.08. The molecular formula is C45H62N4O11. The van der Waals surface area contributed by atoms with Crippen LogP contribution in [-0.4, -0.2) is 128 Å². The van der Waals surface area contributed by atoms with Crippen LogP contribution in [0.2, 0.25) is 0 Å². The van der Waals surface area contributed by atoms with Crippen LogP contribution in [0, 0.1) is 30.6 Å². The number of ketones is 1. The molecule has 2 fully saturated rings. The fourth-order valence-electron chi connectivity index (χ4n) is 9.08. The van der Waals surface area contributed by atoms with Gasteiger partial charge in [-0.2, -0.15) is 5.10 Å². The van der Waals surface area contributed by atoms with Crippen molar-refractivity contribution < 1.29 is 54.4 Å². The number of allylic oxidation sites excluding steroid dienone is 2. The number of benzene rings is 2. The molecule has 2 aromatic carbocycles. The summed E-state index contributed by atoms with van der Waals surface area (Å²) < 4.78 is 17.8. The van der Waals surface area contributed by atoms with Gasteiger partial charge in [0.1, 0.15) is 17.2 Å². The number of carbonyl (C=O) groups excluding carboxylic acids is 2. The van der Waals surface area contributed by atoms with Gasteiger partial charge in [-0.1, -0.05) is 58.8 Å². The summed E-state index contributed by atoms with van der Waals surface area (Å²) in [5, 5.41) is 78.4. The quantitative estimate of drug-likeness (QED) is 0.122. The molecule has 328 valence electrons. The van der Waals surface area contributed by atoms with Gasteiger partial charge in [-0.05, 0) is 32.8 Å². The SMILES string of the molecule is CO[C@H]1C=COC2(C)Oc3c(C)c(O)c4c(O)c(c(C=NN5CCN(C6CCCC6)CC5)c(O)c4c3C2=O)NC(=O)C(C)=C/C=C/[C@H](C)[C@H](O)[C@@H](C)[C@@H](O)[C@@H](C)[C@H](O)[C@@H]1C. The summed E-state index contributed by atoms with van der Waals surface area (Å²) in [4.78, 5) is 30.7. The van der Waals surface area contributed by atoms with Gasteiger partial charge in [-0.3, -0.25) is 19.5 Å². The number of piperazine rings is 1. The lowest BCUT2D eigenvalue weighted by atomic mass is 9.78. The Morgan fingerprint density at radius 1 is 0.867 bits per heavy atom. The second kappa shape index (κ2) is 18.1. The molecule has 0 radical (unpaired) electrons. The molecule has 0 spiro atoms. The van der Waals surface area contributed by atoms with Crippen LogP contribution in [0.5, 0.6) is 23.0 Å². The normalized spacial score (nSPS) is 32.1. The van der Waals surface area contributed by atoms with Crippen LogP contribution in [0.25, 0.3) is 10.8 Å². The number of phenols is 3. The van der Waals surface area contributed by atoms with Crippen molar-refractivity contribution in [3.8, 4) is 23.0 Å². The lowest BCUT2D eigenvalue weighted by Gasteiger charge is -2.36. The molecule has 7 N–H and O–H groups in total. The average Bonchev–Trinajstić information content (AvgIpc) is 3.87. The number of rotatable bonds is 4. The highest BCUT2D eigenvalue weighted by molar-refractivity contribution is 6.23. The Labute approximate surface area is 351 Å². The van der Waals surface area contributed by atoms with Crippen molar-refractivity contribution in [1.29, 1.82) is 0 Å². The minimum atomic E-state index is -2.01. The summed E-state index contributed by atoms with van der Waals surface area (Å²) in [5.41, 5.74) is -0.233. The van der Waals surface area contributed by atoms with E-state index >= 15 is 0 Å². The maximum absolute atomic E-state index is 14.4. The monoisotopic (exact) mass is 834 g/mol. The van der Waals surface area contributed by atoms with E-state index < -0.39 is 82.8 Å². The second-order valence-corrected chi connectivity index (χ2v) is 17.2. The summed E-state index contributed by atoms with van der Waals surface area (Å²) in [6.45, 7) is 14.1. The van der Waals surface area contributed by atoms with Gasteiger partial charge in [-0.25, -0.2) is 0 Å². The van der Waals surface area contributed by atoms with Crippen LogP contribution >= 0.6 is 0 Å². The maximum Gasteiger partial charge on any atom is 0.312 e. The minimum Gasteiger partial charge on any atom is -0.507 e. The molecule has 60 heavy (non-hydrogen) atoms. The number of carbonyl (C=O) groups is 2. The summed E-state index contributed by atoms with van der Waals surface area (Å²) in [6, 6.07) is 0.561. The number of Topliss-reactive ketones (excluding diaryl/α,β-unsaturated/α-hetero) is 1. The number of hydrogen-bond acceptors (Lipinski definition) is 14. The number of ether oxygens (including phenoxy) is 3. The molecule has 15 nitrogen and oxygen atoms in total. The fraction of sp³-hybridized carbons (Fsp3) is 0.578. The highest BCUT2D eigenvalue weighted by Crippen LogP contribution is 2.55. The highest BCUT2D eigenvalue weighted by Gasteiger charge is 2.50. The molecule has 5 bridgehead atoms. The first kappa shape index (κ1) is 44.9. The van der Waals surface area contributed by atoms with E-state index in [4.69, 9.17) is 14.2 Å². The minimum absolute atomic E-state index is 0.0742. The first-order chi connectivity index (χ1) is 28.4. The van der Waals surface area contributed by atoms with E-state index in [1.165, 1.54) is 71.3 Å². The Hall–Kier alpha value is -4.67. The van der Waals surface area contributed by atoms with Gasteiger partial charge >= 0.3 is 5.79 Å². The standard InChI is InChI=1S/C45H62N4O11/c1-23-12-11-13-24(2)44(57)47-35-30(22-46-49-19-17-48(18-20-49)29-14-9-10-15-29)40(54)32-33(41(35)55)39(53)28(6)42-34(32)43(56)45(7,60-42)59-21-16-31(58-8)25(3)37(51)27(5)38(52)26(4)36(23)50/h11-13,16,21-23,25-27,29,31,36-38,50-55H,9-10,14-15,17-20H2,1-8H3,(H,47,57)/b12-11+,21-16?,24-13?,46-22?/t23-,25+,26+,27-,31-,36-,37+,38+,45?/m0/s1. The zero-order valence-electron chi connectivity index (χ0n) is 35.9. The number of hydrazone groups is 1. The molecule has 9 atom stereocenters. The molecular weight excluding hydrogens is 773 g/mol. The summed E-state index contributed by atoms with van der Waals surface area (Å²) in [7, 11) is 1.45. The summed E-state index contributed by atoms with van der Waals surface area (Å²) in [6.07, 6.45) is 9.71. The van der Waals surface area contributed by atoms with E-state index in [2.05, 4.69) is 15.3 Å². The van der Waals surface area contributed by atoms with Gasteiger partial charge in [-0.15, -0.1) is 0 Å². The number of hydrogen-bond donors (Lipinski definition) is 7. The number of aliphatic hydroxyl groups is 3. The van der Waals surface area contributed by atoms with Gasteiger partial charge in [0.15, 0.2) is 5.75 Å². The molecule has 1 saturated heterocycles. The number of aliphatic hydroxyl groups excluding tert-OH is 3. The van der Waals surface area contributed by atoms with Gasteiger partial charge in [0, 0.05) is 86.4 Å².